The highest BCUT2D eigenvalue weighted by atomic mass is 16.7. The van der Waals surface area contributed by atoms with Crippen molar-refractivity contribution in [3.05, 3.63) is 47.2 Å². The number of hydrogen-bond donors (Lipinski definition) is 1. The standard InChI is InChI=1S/C20H28BNO4/c1-5-15(6-2)13(3)25-12-26-20(24)17-9-7-8-16-10-19(22-14(4)23)21-11-18(16)17/h7-9,15,19,21H,3,5-6,10-12H2,1-2,4H3,(H,22,23)/t19-/m0/s1. The molecule has 0 aromatic heterocycles. The van der Waals surface area contributed by atoms with Crippen LogP contribution < -0.4 is 5.32 Å². The molecule has 26 heavy (non-hydrogen) atoms. The van der Waals surface area contributed by atoms with Gasteiger partial charge < -0.3 is 14.8 Å². The smallest absolute Gasteiger partial charge is 0.341 e. The summed E-state index contributed by atoms with van der Waals surface area (Å²) in [6, 6.07) is 5.65. The zero-order valence-electron chi connectivity index (χ0n) is 16.0. The molecule has 0 aliphatic carbocycles. The van der Waals surface area contributed by atoms with E-state index in [1.807, 2.05) is 12.1 Å². The molecule has 1 aromatic rings. The van der Waals surface area contributed by atoms with Crippen LogP contribution in [0.2, 0.25) is 0 Å². The Balaban J connectivity index is 1.96. The second-order valence-corrected chi connectivity index (χ2v) is 6.76. The van der Waals surface area contributed by atoms with E-state index in [4.69, 9.17) is 9.47 Å². The van der Waals surface area contributed by atoms with Crippen molar-refractivity contribution in [1.29, 1.82) is 0 Å². The van der Waals surface area contributed by atoms with E-state index in [0.717, 1.165) is 44.0 Å². The van der Waals surface area contributed by atoms with Crippen LogP contribution in [0, 0.1) is 5.92 Å². The van der Waals surface area contributed by atoms with E-state index < -0.39 is 0 Å². The van der Waals surface area contributed by atoms with Crippen molar-refractivity contribution in [2.75, 3.05) is 6.79 Å². The second-order valence-electron chi connectivity index (χ2n) is 6.76. The average Bonchev–Trinajstić information content (AvgIpc) is 2.61. The molecule has 0 unspecified atom stereocenters. The molecule has 1 aliphatic rings. The van der Waals surface area contributed by atoms with Crippen molar-refractivity contribution in [1.82, 2.24) is 5.32 Å². The van der Waals surface area contributed by atoms with E-state index in [0.29, 0.717) is 11.3 Å². The van der Waals surface area contributed by atoms with Gasteiger partial charge in [0.25, 0.3) is 0 Å². The number of ether oxygens (including phenoxy) is 2. The Morgan fingerprint density at radius 2 is 2.04 bits per heavy atom. The van der Waals surface area contributed by atoms with Crippen LogP contribution in [0.15, 0.2) is 30.5 Å². The largest absolute Gasteiger partial charge is 0.462 e. The molecule has 0 saturated carbocycles. The van der Waals surface area contributed by atoms with Gasteiger partial charge >= 0.3 is 5.97 Å². The predicted octanol–water partition coefficient (Wildman–Crippen LogP) is 2.72. The van der Waals surface area contributed by atoms with Gasteiger partial charge in [-0.1, -0.05) is 32.6 Å². The summed E-state index contributed by atoms with van der Waals surface area (Å²) in [5.41, 5.74) is 2.69. The van der Waals surface area contributed by atoms with Gasteiger partial charge in [-0.25, -0.2) is 4.79 Å². The number of rotatable bonds is 8. The molecule has 140 valence electrons. The zero-order valence-corrected chi connectivity index (χ0v) is 16.0. The minimum Gasteiger partial charge on any atom is -0.462 e. The third kappa shape index (κ3) is 5.13. The van der Waals surface area contributed by atoms with Crippen LogP contribution in [0.5, 0.6) is 0 Å². The van der Waals surface area contributed by atoms with Gasteiger partial charge in [0.15, 0.2) is 7.28 Å². The average molecular weight is 357 g/mol. The third-order valence-corrected chi connectivity index (χ3v) is 4.98. The molecule has 0 fully saturated rings. The molecule has 0 radical (unpaired) electrons. The van der Waals surface area contributed by atoms with Crippen LogP contribution >= 0.6 is 0 Å². The van der Waals surface area contributed by atoms with Crippen molar-refractivity contribution in [2.24, 2.45) is 5.92 Å². The summed E-state index contributed by atoms with van der Waals surface area (Å²) < 4.78 is 10.8. The number of esters is 1. The second kappa shape index (κ2) is 9.46. The molecule has 1 aliphatic heterocycles. The first-order valence-electron chi connectivity index (χ1n) is 9.32. The first-order valence-corrected chi connectivity index (χ1v) is 9.32. The first-order chi connectivity index (χ1) is 12.5. The molecule has 1 amide bonds. The van der Waals surface area contributed by atoms with Crippen LogP contribution in [0.4, 0.5) is 0 Å². The quantitative estimate of drug-likeness (QED) is 0.336. The van der Waals surface area contributed by atoms with E-state index in [1.165, 1.54) is 6.92 Å². The minimum absolute atomic E-state index is 0.0242. The van der Waals surface area contributed by atoms with E-state index in [-0.39, 0.29) is 30.5 Å². The number of carbonyl (C=O) groups excluding carboxylic acids is 2. The van der Waals surface area contributed by atoms with Crippen molar-refractivity contribution in [3.8, 4) is 0 Å². The number of hydrogen-bond acceptors (Lipinski definition) is 4. The monoisotopic (exact) mass is 357 g/mol. The maximum absolute atomic E-state index is 12.5. The molecule has 1 N–H and O–H groups in total. The Hall–Kier alpha value is -2.24. The molecule has 1 aromatic carbocycles. The number of carbonyl (C=O) groups is 2. The fourth-order valence-corrected chi connectivity index (χ4v) is 3.51. The van der Waals surface area contributed by atoms with Gasteiger partial charge in [-0.15, -0.1) is 0 Å². The third-order valence-electron chi connectivity index (χ3n) is 4.98. The summed E-state index contributed by atoms with van der Waals surface area (Å²) in [5, 5.41) is 2.95. The van der Waals surface area contributed by atoms with Gasteiger partial charge in [0.2, 0.25) is 12.7 Å². The summed E-state index contributed by atoms with van der Waals surface area (Å²) >= 11 is 0. The van der Waals surface area contributed by atoms with Crippen LogP contribution in [0.25, 0.3) is 0 Å². The highest BCUT2D eigenvalue weighted by Crippen LogP contribution is 2.23. The lowest BCUT2D eigenvalue weighted by Gasteiger charge is -2.25. The summed E-state index contributed by atoms with van der Waals surface area (Å²) in [7, 11) is 0.818. The van der Waals surface area contributed by atoms with Crippen LogP contribution in [0.1, 0.15) is 55.1 Å². The van der Waals surface area contributed by atoms with E-state index >= 15 is 0 Å². The van der Waals surface area contributed by atoms with E-state index in [1.54, 1.807) is 6.07 Å². The lowest BCUT2D eigenvalue weighted by molar-refractivity contribution is -0.119. The Bertz CT molecular complexity index is 670. The summed E-state index contributed by atoms with van der Waals surface area (Å²) in [6.07, 6.45) is 3.38. The van der Waals surface area contributed by atoms with Crippen LogP contribution in [-0.4, -0.2) is 31.9 Å². The topological polar surface area (TPSA) is 64.6 Å². The van der Waals surface area contributed by atoms with Crippen LogP contribution in [-0.2, 0) is 27.0 Å². The van der Waals surface area contributed by atoms with Gasteiger partial charge in [0.05, 0.1) is 11.3 Å². The molecule has 0 spiro atoms. The molecule has 1 heterocycles. The molecule has 0 saturated heterocycles. The van der Waals surface area contributed by atoms with Gasteiger partial charge in [0, 0.05) is 18.8 Å². The molecule has 5 nitrogen and oxygen atoms in total. The number of benzene rings is 1. The Kier molecular flexibility index (Phi) is 7.31. The van der Waals surface area contributed by atoms with Crippen molar-refractivity contribution in [3.63, 3.8) is 0 Å². The van der Waals surface area contributed by atoms with Crippen molar-refractivity contribution >= 4 is 19.2 Å². The van der Waals surface area contributed by atoms with Gasteiger partial charge in [0.1, 0.15) is 0 Å². The molecular formula is C20H28BNO4. The lowest BCUT2D eigenvalue weighted by Crippen LogP contribution is -2.43. The molecular weight excluding hydrogens is 329 g/mol. The zero-order chi connectivity index (χ0) is 19.1. The van der Waals surface area contributed by atoms with Crippen molar-refractivity contribution in [2.45, 2.75) is 52.3 Å². The fourth-order valence-electron chi connectivity index (χ4n) is 3.51. The molecule has 0 bridgehead atoms. The Morgan fingerprint density at radius 1 is 1.31 bits per heavy atom. The molecule has 1 atom stereocenters. The number of amides is 1. The minimum atomic E-state index is -0.378. The highest BCUT2D eigenvalue weighted by Gasteiger charge is 2.25. The summed E-state index contributed by atoms with van der Waals surface area (Å²) in [5.74, 6) is 0.666. The number of allylic oxidation sites excluding steroid dienone is 1. The summed E-state index contributed by atoms with van der Waals surface area (Å²) in [6.45, 7) is 9.49. The SMILES string of the molecule is C=C(OCOC(=O)c1cccc2c1CB[C@@H](NC(C)=O)C2)C(CC)CC. The highest BCUT2D eigenvalue weighted by molar-refractivity contribution is 6.38. The maximum Gasteiger partial charge on any atom is 0.341 e. The molecule has 6 heteroatoms. The lowest BCUT2D eigenvalue weighted by atomic mass is 9.57. The van der Waals surface area contributed by atoms with E-state index in [9.17, 15) is 9.59 Å². The number of fused-ring (bicyclic) bond motifs is 1. The van der Waals surface area contributed by atoms with Gasteiger partial charge in [-0.3, -0.25) is 4.79 Å². The summed E-state index contributed by atoms with van der Waals surface area (Å²) in [4.78, 5) is 23.7. The Morgan fingerprint density at radius 3 is 2.69 bits per heavy atom. The van der Waals surface area contributed by atoms with Crippen LogP contribution in [0.3, 0.4) is 0 Å². The maximum atomic E-state index is 12.5. The molecule has 2 rings (SSSR count). The predicted molar refractivity (Wildman–Crippen MR) is 103 cm³/mol. The van der Waals surface area contributed by atoms with Crippen molar-refractivity contribution < 1.29 is 19.1 Å². The van der Waals surface area contributed by atoms with Gasteiger partial charge in [-0.05, 0) is 42.8 Å². The van der Waals surface area contributed by atoms with Gasteiger partial charge in [-0.2, -0.15) is 0 Å². The first kappa shape index (κ1) is 20.1. The number of nitrogens with one attached hydrogen (secondary N) is 1. The van der Waals surface area contributed by atoms with E-state index in [2.05, 4.69) is 25.7 Å². The normalized spacial score (nSPS) is 15.6. The Labute approximate surface area is 156 Å². The fraction of sp³-hybridized carbons (Fsp3) is 0.500.